The first-order chi connectivity index (χ1) is 11.2. The van der Waals surface area contributed by atoms with Crippen molar-refractivity contribution in [1.29, 1.82) is 0 Å². The SMILES string of the molecule is Cn1cc(C(=O)N2CC[C@H](Cc3cnc4[nH]ccc4c3)C2)cn1. The minimum absolute atomic E-state index is 0.0832. The van der Waals surface area contributed by atoms with E-state index in [1.165, 1.54) is 5.56 Å². The second-order valence-electron chi connectivity index (χ2n) is 6.27. The van der Waals surface area contributed by atoms with Crippen LogP contribution in [0, 0.1) is 5.92 Å². The van der Waals surface area contributed by atoms with Gasteiger partial charge in [0, 0.05) is 44.1 Å². The van der Waals surface area contributed by atoms with Crippen LogP contribution in [0.15, 0.2) is 36.9 Å². The summed E-state index contributed by atoms with van der Waals surface area (Å²) >= 11 is 0. The van der Waals surface area contributed by atoms with Crippen LogP contribution in [-0.4, -0.2) is 43.6 Å². The number of hydrogen-bond acceptors (Lipinski definition) is 3. The quantitative estimate of drug-likeness (QED) is 0.804. The molecule has 1 saturated heterocycles. The number of aryl methyl sites for hydroxylation is 1. The largest absolute Gasteiger partial charge is 0.346 e. The number of H-pyrrole nitrogens is 1. The molecule has 4 rings (SSSR count). The van der Waals surface area contributed by atoms with Crippen LogP contribution < -0.4 is 0 Å². The van der Waals surface area contributed by atoms with E-state index in [4.69, 9.17) is 0 Å². The maximum absolute atomic E-state index is 12.5. The third-order valence-corrected chi connectivity index (χ3v) is 4.51. The lowest BCUT2D eigenvalue weighted by Crippen LogP contribution is -2.28. The summed E-state index contributed by atoms with van der Waals surface area (Å²) in [4.78, 5) is 21.9. The summed E-state index contributed by atoms with van der Waals surface area (Å²) in [5.74, 6) is 0.577. The van der Waals surface area contributed by atoms with Gasteiger partial charge in [0.25, 0.3) is 5.91 Å². The van der Waals surface area contributed by atoms with E-state index < -0.39 is 0 Å². The molecule has 4 heterocycles. The van der Waals surface area contributed by atoms with E-state index in [-0.39, 0.29) is 5.91 Å². The number of pyridine rings is 1. The monoisotopic (exact) mass is 309 g/mol. The van der Waals surface area contributed by atoms with E-state index in [9.17, 15) is 4.79 Å². The molecule has 0 bridgehead atoms. The highest BCUT2D eigenvalue weighted by Gasteiger charge is 2.27. The summed E-state index contributed by atoms with van der Waals surface area (Å²) in [6, 6.07) is 4.23. The van der Waals surface area contributed by atoms with Crippen molar-refractivity contribution in [2.24, 2.45) is 13.0 Å². The Bertz CT molecular complexity index is 849. The summed E-state index contributed by atoms with van der Waals surface area (Å²) in [5, 5.41) is 5.22. The summed E-state index contributed by atoms with van der Waals surface area (Å²) in [5.41, 5.74) is 2.83. The zero-order valence-electron chi connectivity index (χ0n) is 13.1. The third-order valence-electron chi connectivity index (χ3n) is 4.51. The van der Waals surface area contributed by atoms with E-state index in [1.807, 2.05) is 30.4 Å². The van der Waals surface area contributed by atoms with E-state index in [1.54, 1.807) is 17.1 Å². The number of carbonyl (C=O) groups excluding carboxylic acids is 1. The highest BCUT2D eigenvalue weighted by molar-refractivity contribution is 5.93. The van der Waals surface area contributed by atoms with Crippen molar-refractivity contribution in [3.63, 3.8) is 0 Å². The van der Waals surface area contributed by atoms with E-state index >= 15 is 0 Å². The first-order valence-corrected chi connectivity index (χ1v) is 7.89. The molecule has 1 N–H and O–H groups in total. The Labute approximate surface area is 134 Å². The van der Waals surface area contributed by atoms with Gasteiger partial charge in [-0.15, -0.1) is 0 Å². The predicted molar refractivity (Wildman–Crippen MR) is 87.0 cm³/mol. The number of nitrogens with one attached hydrogen (secondary N) is 1. The number of likely N-dealkylation sites (tertiary alicyclic amines) is 1. The number of carbonyl (C=O) groups is 1. The minimum Gasteiger partial charge on any atom is -0.346 e. The van der Waals surface area contributed by atoms with Crippen molar-refractivity contribution in [3.05, 3.63) is 48.0 Å². The molecule has 0 unspecified atom stereocenters. The van der Waals surface area contributed by atoms with Gasteiger partial charge in [0.15, 0.2) is 0 Å². The maximum Gasteiger partial charge on any atom is 0.257 e. The summed E-state index contributed by atoms with van der Waals surface area (Å²) < 4.78 is 1.67. The normalized spacial score (nSPS) is 18.0. The molecule has 0 aliphatic carbocycles. The molecule has 23 heavy (non-hydrogen) atoms. The average molecular weight is 309 g/mol. The number of nitrogens with zero attached hydrogens (tertiary/aromatic N) is 4. The van der Waals surface area contributed by atoms with Gasteiger partial charge in [-0.05, 0) is 36.5 Å². The van der Waals surface area contributed by atoms with Gasteiger partial charge in [0.1, 0.15) is 5.65 Å². The first kappa shape index (κ1) is 14.0. The van der Waals surface area contributed by atoms with Crippen molar-refractivity contribution < 1.29 is 4.79 Å². The van der Waals surface area contributed by atoms with Crippen LogP contribution in [0.2, 0.25) is 0 Å². The molecule has 0 saturated carbocycles. The molecule has 1 aliphatic heterocycles. The molecule has 1 aliphatic rings. The van der Waals surface area contributed by atoms with Crippen LogP contribution in [0.4, 0.5) is 0 Å². The highest BCUT2D eigenvalue weighted by atomic mass is 16.2. The van der Waals surface area contributed by atoms with Crippen LogP contribution in [0.25, 0.3) is 11.0 Å². The van der Waals surface area contributed by atoms with Crippen LogP contribution in [0.3, 0.4) is 0 Å². The Morgan fingerprint density at radius 3 is 3.17 bits per heavy atom. The fourth-order valence-corrected chi connectivity index (χ4v) is 3.33. The number of aromatic nitrogens is 4. The number of amides is 1. The number of hydrogen-bond donors (Lipinski definition) is 1. The Balaban J connectivity index is 1.42. The van der Waals surface area contributed by atoms with Gasteiger partial charge in [-0.3, -0.25) is 9.48 Å². The Morgan fingerprint density at radius 2 is 2.35 bits per heavy atom. The van der Waals surface area contributed by atoms with Crippen molar-refractivity contribution in [3.8, 4) is 0 Å². The molecule has 1 fully saturated rings. The molecule has 6 nitrogen and oxygen atoms in total. The molecule has 1 amide bonds. The van der Waals surface area contributed by atoms with Gasteiger partial charge < -0.3 is 9.88 Å². The van der Waals surface area contributed by atoms with Crippen molar-refractivity contribution in [1.82, 2.24) is 24.6 Å². The number of aromatic amines is 1. The lowest BCUT2D eigenvalue weighted by molar-refractivity contribution is 0.0787. The molecule has 3 aromatic rings. The van der Waals surface area contributed by atoms with Crippen LogP contribution >= 0.6 is 0 Å². The molecular formula is C17H19N5O. The van der Waals surface area contributed by atoms with Crippen molar-refractivity contribution in [2.45, 2.75) is 12.8 Å². The Hall–Kier alpha value is -2.63. The minimum atomic E-state index is 0.0832. The lowest BCUT2D eigenvalue weighted by atomic mass is 9.99. The van der Waals surface area contributed by atoms with Gasteiger partial charge in [-0.1, -0.05) is 0 Å². The molecule has 6 heteroatoms. The Kier molecular flexibility index (Phi) is 3.37. The Morgan fingerprint density at radius 1 is 1.43 bits per heavy atom. The summed E-state index contributed by atoms with van der Waals surface area (Å²) in [6.45, 7) is 1.62. The zero-order valence-corrected chi connectivity index (χ0v) is 13.1. The van der Waals surface area contributed by atoms with E-state index in [0.29, 0.717) is 11.5 Å². The second-order valence-corrected chi connectivity index (χ2v) is 6.27. The smallest absolute Gasteiger partial charge is 0.257 e. The fraction of sp³-hybridized carbons (Fsp3) is 0.353. The zero-order chi connectivity index (χ0) is 15.8. The van der Waals surface area contributed by atoms with Crippen LogP contribution in [-0.2, 0) is 13.5 Å². The van der Waals surface area contributed by atoms with Gasteiger partial charge in [-0.2, -0.15) is 5.10 Å². The van der Waals surface area contributed by atoms with Crippen molar-refractivity contribution >= 4 is 16.9 Å². The number of fused-ring (bicyclic) bond motifs is 1. The third kappa shape index (κ3) is 2.72. The molecule has 0 aromatic carbocycles. The highest BCUT2D eigenvalue weighted by Crippen LogP contribution is 2.23. The van der Waals surface area contributed by atoms with E-state index in [2.05, 4.69) is 21.1 Å². The standard InChI is InChI=1S/C17H19N5O/c1-21-11-15(9-20-21)17(23)22-5-3-12(10-22)6-13-7-14-2-4-18-16(14)19-8-13/h2,4,7-9,11-12H,3,5-6,10H2,1H3,(H,18,19)/t12-/m1/s1. The van der Waals surface area contributed by atoms with Gasteiger partial charge in [0.2, 0.25) is 0 Å². The second kappa shape index (κ2) is 5.53. The fourth-order valence-electron chi connectivity index (χ4n) is 3.33. The van der Waals surface area contributed by atoms with E-state index in [0.717, 1.165) is 37.0 Å². The molecule has 118 valence electrons. The van der Waals surface area contributed by atoms with Crippen molar-refractivity contribution in [2.75, 3.05) is 13.1 Å². The first-order valence-electron chi connectivity index (χ1n) is 7.89. The lowest BCUT2D eigenvalue weighted by Gasteiger charge is -2.15. The topological polar surface area (TPSA) is 66.8 Å². The molecule has 0 radical (unpaired) electrons. The predicted octanol–water partition coefficient (Wildman–Crippen LogP) is 2.00. The maximum atomic E-state index is 12.5. The number of rotatable bonds is 3. The summed E-state index contributed by atoms with van der Waals surface area (Å²) in [7, 11) is 1.83. The van der Waals surface area contributed by atoms with Gasteiger partial charge >= 0.3 is 0 Å². The molecule has 3 aromatic heterocycles. The molecule has 0 spiro atoms. The average Bonchev–Trinajstić information content (AvgIpc) is 3.26. The van der Waals surface area contributed by atoms with Crippen LogP contribution in [0.1, 0.15) is 22.3 Å². The van der Waals surface area contributed by atoms with Gasteiger partial charge in [0.05, 0.1) is 11.8 Å². The van der Waals surface area contributed by atoms with Crippen LogP contribution in [0.5, 0.6) is 0 Å². The summed E-state index contributed by atoms with van der Waals surface area (Å²) in [6.07, 6.45) is 9.26. The molecular weight excluding hydrogens is 290 g/mol. The van der Waals surface area contributed by atoms with Gasteiger partial charge in [-0.25, -0.2) is 4.98 Å². The molecule has 1 atom stereocenters.